The quantitative estimate of drug-likeness (QED) is 0.681. The fourth-order valence-corrected chi connectivity index (χ4v) is 4.30. The Hall–Kier alpha value is -2.36. The summed E-state index contributed by atoms with van der Waals surface area (Å²) in [5, 5.41) is 17.7. The fourth-order valence-electron chi connectivity index (χ4n) is 4.30. The molecule has 0 aromatic carbocycles. The summed E-state index contributed by atoms with van der Waals surface area (Å²) in [7, 11) is 0. The van der Waals surface area contributed by atoms with Gasteiger partial charge in [-0.05, 0) is 50.7 Å². The van der Waals surface area contributed by atoms with Gasteiger partial charge in [-0.25, -0.2) is 4.98 Å². The number of fused-ring (bicyclic) bond motifs is 7. The number of aromatic nitrogens is 3. The van der Waals surface area contributed by atoms with E-state index in [-0.39, 0.29) is 29.7 Å². The zero-order valence-electron chi connectivity index (χ0n) is 16.2. The molecule has 1 fully saturated rings. The Kier molecular flexibility index (Phi) is 4.92. The molecule has 2 aromatic rings. The molecule has 0 aliphatic carbocycles. The molecule has 158 valence electrons. The van der Waals surface area contributed by atoms with Crippen LogP contribution in [0.1, 0.15) is 56.4 Å². The lowest BCUT2D eigenvalue weighted by molar-refractivity contribution is -0.277. The van der Waals surface area contributed by atoms with Crippen molar-refractivity contribution in [1.82, 2.24) is 15.2 Å². The summed E-state index contributed by atoms with van der Waals surface area (Å²) < 4.78 is 46.3. The van der Waals surface area contributed by atoms with Gasteiger partial charge in [0.2, 0.25) is 5.60 Å². The minimum Gasteiger partial charge on any atom is -0.416 e. The van der Waals surface area contributed by atoms with Crippen LogP contribution in [0, 0.1) is 6.92 Å². The van der Waals surface area contributed by atoms with Gasteiger partial charge in [-0.2, -0.15) is 13.2 Å². The van der Waals surface area contributed by atoms with Crippen molar-refractivity contribution in [3.63, 3.8) is 0 Å². The van der Waals surface area contributed by atoms with Gasteiger partial charge in [-0.3, -0.25) is 0 Å². The van der Waals surface area contributed by atoms with Gasteiger partial charge >= 0.3 is 6.18 Å². The first-order chi connectivity index (χ1) is 13.7. The molecular formula is C19H24F3N5O2. The predicted molar refractivity (Wildman–Crippen MR) is 100 cm³/mol. The van der Waals surface area contributed by atoms with E-state index in [1.54, 1.807) is 6.07 Å². The Labute approximate surface area is 166 Å². The SMILES string of the molecule is Cc1cc(N)c2nc1N1CCC[C@H]1CCCCCC(O)(C(F)(F)F)c1nnc-2o1. The first kappa shape index (κ1) is 19.9. The van der Waals surface area contributed by atoms with Crippen LogP contribution in [0.4, 0.5) is 24.7 Å². The Bertz CT molecular complexity index is 900. The van der Waals surface area contributed by atoms with Crippen LogP contribution >= 0.6 is 0 Å². The summed E-state index contributed by atoms with van der Waals surface area (Å²) in [4.78, 5) is 6.84. The third-order valence-electron chi connectivity index (χ3n) is 5.89. The standard InChI is InChI=1S/C19H24F3N5O2/c1-11-10-13(23)14-16-25-26-17(29-16)18(28,19(20,21)22)8-4-2-3-6-12-7-5-9-27(12)15(11)24-14/h10,12,28H,2-9,23H2,1H3/t12-,18?/m1/s1. The van der Waals surface area contributed by atoms with E-state index in [4.69, 9.17) is 10.2 Å². The van der Waals surface area contributed by atoms with E-state index >= 15 is 0 Å². The van der Waals surface area contributed by atoms with Crippen LogP contribution in [0.15, 0.2) is 10.5 Å². The van der Waals surface area contributed by atoms with Crippen LogP contribution in [0.2, 0.25) is 0 Å². The largest absolute Gasteiger partial charge is 0.426 e. The smallest absolute Gasteiger partial charge is 0.416 e. The molecule has 3 N–H and O–H groups in total. The predicted octanol–water partition coefficient (Wildman–Crippen LogP) is 3.71. The Morgan fingerprint density at radius 3 is 2.72 bits per heavy atom. The van der Waals surface area contributed by atoms with Gasteiger partial charge in [-0.15, -0.1) is 10.2 Å². The number of nitrogens with zero attached hydrogens (tertiary/aromatic N) is 4. The topological polar surface area (TPSA) is 101 Å². The van der Waals surface area contributed by atoms with Crippen LogP contribution in [0.3, 0.4) is 0 Å². The van der Waals surface area contributed by atoms with Crippen molar-refractivity contribution in [3.05, 3.63) is 17.5 Å². The summed E-state index contributed by atoms with van der Waals surface area (Å²) in [5.74, 6) is -0.367. The number of halogens is 3. The first-order valence-corrected chi connectivity index (χ1v) is 9.88. The monoisotopic (exact) mass is 411 g/mol. The summed E-state index contributed by atoms with van der Waals surface area (Å²) in [5.41, 5.74) is 4.14. The molecule has 29 heavy (non-hydrogen) atoms. The van der Waals surface area contributed by atoms with E-state index in [2.05, 4.69) is 20.1 Å². The van der Waals surface area contributed by atoms with Gasteiger partial charge < -0.3 is 20.2 Å². The highest BCUT2D eigenvalue weighted by molar-refractivity contribution is 5.71. The van der Waals surface area contributed by atoms with Gasteiger partial charge in [0.1, 0.15) is 5.82 Å². The second-order valence-corrected chi connectivity index (χ2v) is 7.93. The molecule has 4 rings (SSSR count). The second-order valence-electron chi connectivity index (χ2n) is 7.93. The minimum absolute atomic E-state index is 0.136. The number of hydrogen-bond acceptors (Lipinski definition) is 7. The van der Waals surface area contributed by atoms with Crippen LogP contribution < -0.4 is 10.6 Å². The van der Waals surface area contributed by atoms with E-state index < -0.39 is 24.1 Å². The van der Waals surface area contributed by atoms with Crippen LogP contribution in [0.25, 0.3) is 11.6 Å². The van der Waals surface area contributed by atoms with Gasteiger partial charge in [0.25, 0.3) is 11.8 Å². The van der Waals surface area contributed by atoms with E-state index in [9.17, 15) is 18.3 Å². The van der Waals surface area contributed by atoms with Crippen molar-refractivity contribution in [3.8, 4) is 11.6 Å². The Morgan fingerprint density at radius 2 is 1.97 bits per heavy atom. The second kappa shape index (κ2) is 7.16. The number of hydrogen-bond donors (Lipinski definition) is 2. The van der Waals surface area contributed by atoms with E-state index in [1.807, 2.05) is 6.92 Å². The third kappa shape index (κ3) is 3.43. The summed E-state index contributed by atoms with van der Waals surface area (Å²) >= 11 is 0. The number of nitrogen functional groups attached to an aromatic ring is 1. The molecule has 2 aliphatic rings. The molecule has 0 spiro atoms. The molecular weight excluding hydrogens is 387 g/mol. The lowest BCUT2D eigenvalue weighted by Crippen LogP contribution is -2.42. The number of aryl methyl sites for hydroxylation is 1. The van der Waals surface area contributed by atoms with Crippen molar-refractivity contribution >= 4 is 11.5 Å². The molecule has 1 unspecified atom stereocenters. The van der Waals surface area contributed by atoms with Gasteiger partial charge in [-0.1, -0.05) is 12.8 Å². The maximum absolute atomic E-state index is 13.7. The maximum Gasteiger partial charge on any atom is 0.426 e. The van der Waals surface area contributed by atoms with Crippen molar-refractivity contribution in [1.29, 1.82) is 0 Å². The lowest BCUT2D eigenvalue weighted by Gasteiger charge is -2.29. The van der Waals surface area contributed by atoms with Crippen LogP contribution in [-0.2, 0) is 5.60 Å². The zero-order valence-corrected chi connectivity index (χ0v) is 16.2. The zero-order chi connectivity index (χ0) is 20.8. The molecule has 4 bridgehead atoms. The van der Waals surface area contributed by atoms with E-state index in [0.29, 0.717) is 6.42 Å². The molecule has 2 aromatic heterocycles. The number of alkyl halides is 3. The first-order valence-electron chi connectivity index (χ1n) is 9.88. The highest BCUT2D eigenvalue weighted by Crippen LogP contribution is 2.43. The third-order valence-corrected chi connectivity index (χ3v) is 5.89. The normalized spacial score (nSPS) is 25.6. The van der Waals surface area contributed by atoms with Crippen molar-refractivity contribution < 1.29 is 22.7 Å². The van der Waals surface area contributed by atoms with Crippen LogP contribution in [-0.4, -0.2) is 39.1 Å². The minimum atomic E-state index is -4.94. The Morgan fingerprint density at radius 1 is 1.21 bits per heavy atom. The molecule has 4 heterocycles. The highest BCUT2D eigenvalue weighted by Gasteiger charge is 2.58. The van der Waals surface area contributed by atoms with Crippen molar-refractivity contribution in [2.45, 2.75) is 69.7 Å². The van der Waals surface area contributed by atoms with E-state index in [0.717, 1.165) is 43.6 Å². The van der Waals surface area contributed by atoms with Crippen molar-refractivity contribution in [2.24, 2.45) is 0 Å². The number of anilines is 2. The number of aliphatic hydroxyl groups is 1. The van der Waals surface area contributed by atoms with Gasteiger partial charge in [0, 0.05) is 12.6 Å². The van der Waals surface area contributed by atoms with Crippen LogP contribution in [0.5, 0.6) is 0 Å². The van der Waals surface area contributed by atoms with Crippen molar-refractivity contribution in [2.75, 3.05) is 17.2 Å². The van der Waals surface area contributed by atoms with E-state index in [1.165, 1.54) is 0 Å². The summed E-state index contributed by atoms with van der Waals surface area (Å²) in [6.45, 7) is 2.77. The number of pyridine rings is 1. The molecule has 10 heteroatoms. The molecule has 1 saturated heterocycles. The molecule has 0 radical (unpaired) electrons. The molecule has 2 atom stereocenters. The Balaban J connectivity index is 1.84. The van der Waals surface area contributed by atoms with Gasteiger partial charge in [0.15, 0.2) is 5.69 Å². The fraction of sp³-hybridized carbons (Fsp3) is 0.632. The summed E-state index contributed by atoms with van der Waals surface area (Å²) in [6.07, 6.45) is -1.02. The average Bonchev–Trinajstić information content (AvgIpc) is 3.30. The number of nitrogens with two attached hydrogens (primary N) is 1. The number of rotatable bonds is 0. The molecule has 7 nitrogen and oxygen atoms in total. The summed E-state index contributed by atoms with van der Waals surface area (Å²) in [6, 6.07) is 2.00. The molecule has 2 aliphatic heterocycles. The average molecular weight is 411 g/mol. The highest BCUT2D eigenvalue weighted by atomic mass is 19.4. The lowest BCUT2D eigenvalue weighted by atomic mass is 9.94. The van der Waals surface area contributed by atoms with Gasteiger partial charge in [0.05, 0.1) is 5.69 Å². The maximum atomic E-state index is 13.7. The molecule has 0 amide bonds. The molecule has 0 saturated carbocycles.